The van der Waals surface area contributed by atoms with E-state index in [2.05, 4.69) is 146 Å². The molecule has 5 heteroatoms. The Hall–Kier alpha value is -5.94. The van der Waals surface area contributed by atoms with E-state index in [-0.39, 0.29) is 0 Å². The van der Waals surface area contributed by atoms with Crippen molar-refractivity contribution in [2.24, 2.45) is 0 Å². The summed E-state index contributed by atoms with van der Waals surface area (Å²) < 4.78 is 2.38. The van der Waals surface area contributed by atoms with E-state index in [4.69, 9.17) is 26.6 Å². The lowest BCUT2D eigenvalue weighted by molar-refractivity contribution is 0.768. The van der Waals surface area contributed by atoms with Gasteiger partial charge in [0.05, 0.1) is 10.4 Å². The number of thiophene rings is 1. The van der Waals surface area contributed by atoms with E-state index in [0.29, 0.717) is 22.5 Å². The molecule has 0 atom stereocenters. The molecule has 0 unspecified atom stereocenters. The fourth-order valence-corrected chi connectivity index (χ4v) is 9.41. The molecule has 10 rings (SSSR count). The molecule has 51 heavy (non-hydrogen) atoms. The molecule has 3 nitrogen and oxygen atoms in total. The molecule has 0 aliphatic heterocycles. The van der Waals surface area contributed by atoms with Gasteiger partial charge in [-0.1, -0.05) is 157 Å². The predicted molar refractivity (Wildman–Crippen MR) is 211 cm³/mol. The van der Waals surface area contributed by atoms with Gasteiger partial charge in [0.25, 0.3) is 0 Å². The molecule has 0 amide bonds. The van der Waals surface area contributed by atoms with Gasteiger partial charge in [-0.3, -0.25) is 0 Å². The van der Waals surface area contributed by atoms with E-state index in [1.807, 2.05) is 24.3 Å². The van der Waals surface area contributed by atoms with Crippen molar-refractivity contribution < 1.29 is 0 Å². The van der Waals surface area contributed by atoms with Gasteiger partial charge in [-0.25, -0.2) is 15.0 Å². The normalized spacial score (nSPS) is 13.0. The van der Waals surface area contributed by atoms with E-state index < -0.39 is 5.41 Å². The van der Waals surface area contributed by atoms with Crippen LogP contribution in [0.2, 0.25) is 5.02 Å². The second-order valence-corrected chi connectivity index (χ2v) is 14.3. The summed E-state index contributed by atoms with van der Waals surface area (Å²) >= 11 is 8.61. The third-order valence-corrected chi connectivity index (χ3v) is 11.7. The van der Waals surface area contributed by atoms with Crippen molar-refractivity contribution in [3.05, 3.63) is 197 Å². The van der Waals surface area contributed by atoms with Crippen LogP contribution < -0.4 is 0 Å². The van der Waals surface area contributed by atoms with Crippen molar-refractivity contribution in [2.45, 2.75) is 5.41 Å². The predicted octanol–water partition coefficient (Wildman–Crippen LogP) is 12.3. The zero-order valence-electron chi connectivity index (χ0n) is 27.3. The lowest BCUT2D eigenvalue weighted by atomic mass is 9.67. The molecular weight excluding hydrogens is 662 g/mol. The van der Waals surface area contributed by atoms with Gasteiger partial charge in [-0.15, -0.1) is 11.3 Å². The van der Waals surface area contributed by atoms with Crippen LogP contribution in [0.25, 0.3) is 65.5 Å². The van der Waals surface area contributed by atoms with Crippen molar-refractivity contribution in [1.29, 1.82) is 0 Å². The van der Waals surface area contributed by atoms with Crippen LogP contribution in [0.15, 0.2) is 170 Å². The average Bonchev–Trinajstić information content (AvgIpc) is 3.73. The van der Waals surface area contributed by atoms with Gasteiger partial charge >= 0.3 is 0 Å². The minimum atomic E-state index is -0.533. The minimum Gasteiger partial charge on any atom is -0.208 e. The maximum atomic E-state index is 6.84. The smallest absolute Gasteiger partial charge is 0.165 e. The molecular formula is C46H28ClN3S. The van der Waals surface area contributed by atoms with Gasteiger partial charge in [0.1, 0.15) is 0 Å². The van der Waals surface area contributed by atoms with Crippen LogP contribution in [0.3, 0.4) is 0 Å². The summed E-state index contributed by atoms with van der Waals surface area (Å²) in [4.78, 5) is 15.7. The molecule has 0 spiro atoms. The summed E-state index contributed by atoms with van der Waals surface area (Å²) in [6.45, 7) is 0. The largest absolute Gasteiger partial charge is 0.208 e. The monoisotopic (exact) mass is 689 g/mol. The summed E-state index contributed by atoms with van der Waals surface area (Å²) in [7, 11) is 0. The summed E-state index contributed by atoms with van der Waals surface area (Å²) in [6, 6.07) is 59.7. The first-order valence-corrected chi connectivity index (χ1v) is 18.2. The number of nitrogens with zero attached hydrogens (tertiary/aromatic N) is 3. The van der Waals surface area contributed by atoms with E-state index in [1.165, 1.54) is 43.3 Å². The second kappa shape index (κ2) is 11.8. The van der Waals surface area contributed by atoms with E-state index in [0.717, 1.165) is 27.0 Å². The number of hydrogen-bond donors (Lipinski definition) is 0. The SMILES string of the molecule is Clc1ccccc1-c1nc(-c2cccc3c2-c2ccccc2C3(c2ccccc2)c2ccccc2)nc(-c2cccc3c2sc2ccccc23)n1. The van der Waals surface area contributed by atoms with E-state index in [1.54, 1.807) is 11.3 Å². The number of halogens is 1. The Morgan fingerprint density at radius 1 is 0.412 bits per heavy atom. The minimum absolute atomic E-state index is 0.533. The lowest BCUT2D eigenvalue weighted by Gasteiger charge is -2.33. The van der Waals surface area contributed by atoms with Crippen LogP contribution >= 0.6 is 22.9 Å². The first-order chi connectivity index (χ1) is 25.2. The number of benzene rings is 7. The Morgan fingerprint density at radius 2 is 0.922 bits per heavy atom. The quantitative estimate of drug-likeness (QED) is 0.180. The summed E-state index contributed by atoms with van der Waals surface area (Å²) in [6.07, 6.45) is 0. The standard InChI is InChI=1S/C46H28ClN3S/c47-39-27-11-8-21-34(39)43-48-44(50-45(49-43)36-24-13-22-32-31-19-9-12-28-40(31)51-42(32)36)35-23-14-26-38-41(35)33-20-7-10-25-37(33)46(38,29-15-3-1-4-16-29)30-17-5-2-6-18-30/h1-28H. The van der Waals surface area contributed by atoms with Crippen molar-refractivity contribution in [1.82, 2.24) is 15.0 Å². The van der Waals surface area contributed by atoms with Crippen LogP contribution in [0.5, 0.6) is 0 Å². The van der Waals surface area contributed by atoms with Gasteiger partial charge in [0.15, 0.2) is 17.5 Å². The van der Waals surface area contributed by atoms with Gasteiger partial charge in [-0.2, -0.15) is 0 Å². The second-order valence-electron chi connectivity index (χ2n) is 12.8. The summed E-state index contributed by atoms with van der Waals surface area (Å²) in [5.74, 6) is 1.77. The first kappa shape index (κ1) is 29.9. The molecule has 0 saturated carbocycles. The third-order valence-electron chi connectivity index (χ3n) is 10.1. The average molecular weight is 690 g/mol. The van der Waals surface area contributed by atoms with E-state index in [9.17, 15) is 0 Å². The van der Waals surface area contributed by atoms with Gasteiger partial charge < -0.3 is 0 Å². The number of hydrogen-bond acceptors (Lipinski definition) is 4. The Bertz CT molecular complexity index is 2730. The molecule has 9 aromatic rings. The molecule has 2 aromatic heterocycles. The van der Waals surface area contributed by atoms with Crippen LogP contribution in [-0.4, -0.2) is 15.0 Å². The lowest BCUT2D eigenvalue weighted by Crippen LogP contribution is -2.28. The fourth-order valence-electron chi connectivity index (χ4n) is 7.98. The van der Waals surface area contributed by atoms with Gasteiger partial charge in [0.2, 0.25) is 0 Å². The highest BCUT2D eigenvalue weighted by molar-refractivity contribution is 7.26. The Balaban J connectivity index is 1.29. The van der Waals surface area contributed by atoms with Crippen molar-refractivity contribution >= 4 is 43.1 Å². The topological polar surface area (TPSA) is 38.7 Å². The van der Waals surface area contributed by atoms with E-state index >= 15 is 0 Å². The maximum absolute atomic E-state index is 6.84. The molecule has 0 bridgehead atoms. The highest BCUT2D eigenvalue weighted by atomic mass is 35.5. The molecule has 0 N–H and O–H groups in total. The third kappa shape index (κ3) is 4.54. The Morgan fingerprint density at radius 3 is 1.67 bits per heavy atom. The van der Waals surface area contributed by atoms with Crippen molar-refractivity contribution in [3.63, 3.8) is 0 Å². The highest BCUT2D eigenvalue weighted by Crippen LogP contribution is 2.58. The molecule has 1 aliphatic carbocycles. The fraction of sp³-hybridized carbons (Fsp3) is 0.0217. The molecule has 7 aromatic carbocycles. The zero-order chi connectivity index (χ0) is 33.9. The number of rotatable bonds is 5. The van der Waals surface area contributed by atoms with Crippen LogP contribution in [0, 0.1) is 0 Å². The first-order valence-electron chi connectivity index (χ1n) is 17.0. The van der Waals surface area contributed by atoms with Gasteiger partial charge in [0, 0.05) is 36.9 Å². The molecule has 1 aliphatic rings. The van der Waals surface area contributed by atoms with Gasteiger partial charge in [-0.05, 0) is 57.6 Å². The van der Waals surface area contributed by atoms with Crippen molar-refractivity contribution in [2.75, 3.05) is 0 Å². The molecule has 0 radical (unpaired) electrons. The van der Waals surface area contributed by atoms with Crippen LogP contribution in [0.1, 0.15) is 22.3 Å². The summed E-state index contributed by atoms with van der Waals surface area (Å²) in [5, 5.41) is 3.02. The molecule has 0 fully saturated rings. The molecule has 240 valence electrons. The number of fused-ring (bicyclic) bond motifs is 6. The highest BCUT2D eigenvalue weighted by Gasteiger charge is 2.47. The number of aromatic nitrogens is 3. The van der Waals surface area contributed by atoms with Crippen LogP contribution in [0.4, 0.5) is 0 Å². The zero-order valence-corrected chi connectivity index (χ0v) is 28.9. The van der Waals surface area contributed by atoms with Crippen molar-refractivity contribution in [3.8, 4) is 45.3 Å². The molecule has 0 saturated heterocycles. The molecule has 2 heterocycles. The summed E-state index contributed by atoms with van der Waals surface area (Å²) in [5.41, 5.74) is 9.32. The maximum Gasteiger partial charge on any atom is 0.165 e. The Kier molecular flexibility index (Phi) is 6.95. The van der Waals surface area contributed by atoms with Crippen LogP contribution in [-0.2, 0) is 5.41 Å². The Labute approximate surface area is 304 Å².